The number of rotatable bonds is 3. The molecule has 178 valence electrons. The van der Waals surface area contributed by atoms with Crippen molar-refractivity contribution in [3.05, 3.63) is 96.2 Å². The fraction of sp³-hybridized carbons (Fsp3) is 0.111. The molecule has 0 saturated carbocycles. The third-order valence-corrected chi connectivity index (χ3v) is 6.52. The van der Waals surface area contributed by atoms with E-state index in [0.29, 0.717) is 41.7 Å². The molecular formula is C27H17FN8O. The van der Waals surface area contributed by atoms with Crippen molar-refractivity contribution in [1.29, 1.82) is 0 Å². The molecule has 0 spiro atoms. The zero-order chi connectivity index (χ0) is 24.9. The van der Waals surface area contributed by atoms with Gasteiger partial charge in [0.25, 0.3) is 0 Å². The van der Waals surface area contributed by atoms with Crippen LogP contribution >= 0.6 is 0 Å². The van der Waals surface area contributed by atoms with Crippen molar-refractivity contribution in [2.24, 2.45) is 0 Å². The third kappa shape index (κ3) is 3.32. The molecule has 0 unspecified atom stereocenters. The maximum absolute atomic E-state index is 14.7. The Balaban J connectivity index is 1.49. The Kier molecular flexibility index (Phi) is 4.69. The molecule has 5 heterocycles. The highest BCUT2D eigenvalue weighted by atomic mass is 19.1. The molecule has 37 heavy (non-hydrogen) atoms. The van der Waals surface area contributed by atoms with Crippen LogP contribution in [0.1, 0.15) is 18.0 Å². The molecule has 0 aliphatic carbocycles. The summed E-state index contributed by atoms with van der Waals surface area (Å²) in [6.07, 6.45) is 7.37. The molecule has 1 aliphatic rings. The van der Waals surface area contributed by atoms with Gasteiger partial charge in [0, 0.05) is 29.9 Å². The first-order valence-corrected chi connectivity index (χ1v) is 11.6. The van der Waals surface area contributed by atoms with Crippen molar-refractivity contribution in [3.8, 4) is 23.1 Å². The van der Waals surface area contributed by atoms with Crippen molar-refractivity contribution in [2.75, 3.05) is 6.61 Å². The SMILES string of the molecule is [C-]#[N+]c1ccc2ncn(-c3ncc4nc(-c5cccnc5)n([C@@H]5CCOc6c(F)cccc65)c4n3)c2c1. The quantitative estimate of drug-likeness (QED) is 0.315. The first kappa shape index (κ1) is 21.1. The van der Waals surface area contributed by atoms with E-state index < -0.39 is 5.82 Å². The first-order valence-electron chi connectivity index (χ1n) is 11.6. The monoisotopic (exact) mass is 488 g/mol. The van der Waals surface area contributed by atoms with Crippen molar-refractivity contribution in [3.63, 3.8) is 0 Å². The highest BCUT2D eigenvalue weighted by Gasteiger charge is 2.30. The second-order valence-corrected chi connectivity index (χ2v) is 8.64. The number of pyridine rings is 1. The predicted octanol–water partition coefficient (Wildman–Crippen LogP) is 5.29. The van der Waals surface area contributed by atoms with Gasteiger partial charge in [-0.3, -0.25) is 9.55 Å². The number of imidazole rings is 2. The maximum Gasteiger partial charge on any atom is 0.237 e. The van der Waals surface area contributed by atoms with E-state index in [0.717, 1.165) is 22.2 Å². The molecule has 1 atom stereocenters. The molecule has 0 radical (unpaired) electrons. The Labute approximate surface area is 209 Å². The average molecular weight is 488 g/mol. The molecule has 9 nitrogen and oxygen atoms in total. The summed E-state index contributed by atoms with van der Waals surface area (Å²) in [5.74, 6) is 0.898. The summed E-state index contributed by atoms with van der Waals surface area (Å²) in [6, 6.07) is 13.8. The molecule has 7 rings (SSSR count). The standard InChI is InChI=1S/C27H17FN8O/c1-29-17-7-8-20-23(12-17)35(15-32-20)27-31-14-21-26(34-27)36(25(33-21)16-4-3-10-30-13-16)22-9-11-37-24-18(22)5-2-6-19(24)28/h2-8,10,12-15,22H,9,11H2/t22-/m1/s1. The van der Waals surface area contributed by atoms with Gasteiger partial charge in [0.15, 0.2) is 22.9 Å². The summed E-state index contributed by atoms with van der Waals surface area (Å²) in [5, 5.41) is 0. The van der Waals surface area contributed by atoms with Crippen molar-refractivity contribution >= 4 is 27.9 Å². The Morgan fingerprint density at radius 2 is 1.97 bits per heavy atom. The molecule has 6 aromatic rings. The Morgan fingerprint density at radius 1 is 1.03 bits per heavy atom. The van der Waals surface area contributed by atoms with E-state index in [-0.39, 0.29) is 11.8 Å². The molecule has 2 aromatic carbocycles. The van der Waals surface area contributed by atoms with Crippen molar-refractivity contribution < 1.29 is 9.13 Å². The number of benzene rings is 2. The normalized spacial score (nSPS) is 14.9. The molecular weight excluding hydrogens is 471 g/mol. The number of para-hydroxylation sites is 1. The summed E-state index contributed by atoms with van der Waals surface area (Å²) in [4.78, 5) is 26.6. The minimum Gasteiger partial charge on any atom is -0.490 e. The molecule has 0 bridgehead atoms. The number of aromatic nitrogens is 7. The topological polar surface area (TPSA) is 87.9 Å². The van der Waals surface area contributed by atoms with Gasteiger partial charge in [-0.25, -0.2) is 24.2 Å². The highest BCUT2D eigenvalue weighted by Crippen LogP contribution is 2.40. The zero-order valence-corrected chi connectivity index (χ0v) is 19.3. The molecule has 1 aliphatic heterocycles. The molecule has 4 aromatic heterocycles. The number of hydrogen-bond donors (Lipinski definition) is 0. The lowest BCUT2D eigenvalue weighted by Crippen LogP contribution is -2.22. The first-order chi connectivity index (χ1) is 18.2. The number of halogens is 1. The van der Waals surface area contributed by atoms with Crippen LogP contribution in [-0.4, -0.2) is 40.7 Å². The van der Waals surface area contributed by atoms with E-state index in [1.165, 1.54) is 6.07 Å². The summed E-state index contributed by atoms with van der Waals surface area (Å²) in [6.45, 7) is 7.72. The highest BCUT2D eigenvalue weighted by molar-refractivity contribution is 5.82. The average Bonchev–Trinajstić information content (AvgIpc) is 3.54. The lowest BCUT2D eigenvalue weighted by molar-refractivity contribution is 0.246. The number of fused-ring (bicyclic) bond motifs is 3. The summed E-state index contributed by atoms with van der Waals surface area (Å²) in [7, 11) is 0. The van der Waals surface area contributed by atoms with Gasteiger partial charge >= 0.3 is 0 Å². The van der Waals surface area contributed by atoms with Crippen LogP contribution in [0.3, 0.4) is 0 Å². The minimum absolute atomic E-state index is 0.249. The van der Waals surface area contributed by atoms with Gasteiger partial charge in [-0.05, 0) is 30.3 Å². The molecule has 0 saturated heterocycles. The molecule has 10 heteroatoms. The summed E-state index contributed by atoms with van der Waals surface area (Å²) >= 11 is 0. The van der Waals surface area contributed by atoms with Crippen molar-refractivity contribution in [1.82, 2.24) is 34.1 Å². The van der Waals surface area contributed by atoms with Crippen LogP contribution in [0.2, 0.25) is 0 Å². The van der Waals surface area contributed by atoms with Gasteiger partial charge in [0.1, 0.15) is 17.7 Å². The van der Waals surface area contributed by atoms with E-state index in [1.54, 1.807) is 53.8 Å². The van der Waals surface area contributed by atoms with Gasteiger partial charge in [0.05, 0.1) is 36.5 Å². The van der Waals surface area contributed by atoms with Crippen LogP contribution < -0.4 is 4.74 Å². The van der Waals surface area contributed by atoms with E-state index in [4.69, 9.17) is 21.3 Å². The second-order valence-electron chi connectivity index (χ2n) is 8.64. The minimum atomic E-state index is -0.398. The van der Waals surface area contributed by atoms with Gasteiger partial charge in [-0.1, -0.05) is 18.2 Å². The predicted molar refractivity (Wildman–Crippen MR) is 134 cm³/mol. The Hall–Kier alpha value is -5.17. The van der Waals surface area contributed by atoms with E-state index >= 15 is 0 Å². The maximum atomic E-state index is 14.7. The lowest BCUT2D eigenvalue weighted by Gasteiger charge is -2.28. The smallest absolute Gasteiger partial charge is 0.237 e. The largest absolute Gasteiger partial charge is 0.490 e. The van der Waals surface area contributed by atoms with Gasteiger partial charge < -0.3 is 9.30 Å². The third-order valence-electron chi connectivity index (χ3n) is 6.52. The summed E-state index contributed by atoms with van der Waals surface area (Å²) in [5.41, 5.74) is 4.68. The molecule has 0 amide bonds. The molecule has 0 N–H and O–H groups in total. The van der Waals surface area contributed by atoms with Crippen molar-refractivity contribution in [2.45, 2.75) is 12.5 Å². The lowest BCUT2D eigenvalue weighted by atomic mass is 9.99. The van der Waals surface area contributed by atoms with Crippen LogP contribution in [0.15, 0.2) is 73.4 Å². The Bertz CT molecular complexity index is 1850. The van der Waals surface area contributed by atoms with E-state index in [2.05, 4.69) is 19.8 Å². The number of ether oxygens (including phenoxy) is 1. The van der Waals surface area contributed by atoms with Gasteiger partial charge in [-0.2, -0.15) is 4.98 Å². The zero-order valence-electron chi connectivity index (χ0n) is 19.3. The van der Waals surface area contributed by atoms with Crippen LogP contribution in [-0.2, 0) is 0 Å². The number of hydrogen-bond acceptors (Lipinski definition) is 6. The summed E-state index contributed by atoms with van der Waals surface area (Å²) < 4.78 is 24.1. The van der Waals surface area contributed by atoms with Gasteiger partial charge in [-0.15, -0.1) is 0 Å². The fourth-order valence-electron chi connectivity index (χ4n) is 4.85. The molecule has 0 fully saturated rings. The van der Waals surface area contributed by atoms with Crippen LogP contribution in [0.5, 0.6) is 5.75 Å². The number of nitrogens with zero attached hydrogens (tertiary/aromatic N) is 8. The van der Waals surface area contributed by atoms with Gasteiger partial charge in [0.2, 0.25) is 5.95 Å². The van der Waals surface area contributed by atoms with Crippen LogP contribution in [0.4, 0.5) is 10.1 Å². The van der Waals surface area contributed by atoms with Crippen LogP contribution in [0.25, 0.3) is 44.4 Å². The fourth-order valence-corrected chi connectivity index (χ4v) is 4.85. The van der Waals surface area contributed by atoms with Crippen LogP contribution in [0, 0.1) is 12.4 Å². The Morgan fingerprint density at radius 3 is 2.84 bits per heavy atom. The van der Waals surface area contributed by atoms with E-state index in [9.17, 15) is 4.39 Å². The van der Waals surface area contributed by atoms with E-state index in [1.807, 2.05) is 22.8 Å². The second kappa shape index (κ2) is 8.20.